The van der Waals surface area contributed by atoms with E-state index in [4.69, 9.17) is 4.74 Å². The lowest BCUT2D eigenvalue weighted by atomic mass is 9.91. The summed E-state index contributed by atoms with van der Waals surface area (Å²) < 4.78 is 6.15. The fourth-order valence-corrected chi connectivity index (χ4v) is 6.38. The predicted molar refractivity (Wildman–Crippen MR) is 173 cm³/mol. The molecule has 41 heavy (non-hydrogen) atoms. The Morgan fingerprint density at radius 2 is 1.12 bits per heavy atom. The molecule has 0 atom stereocenters. The van der Waals surface area contributed by atoms with E-state index in [1.54, 1.807) is 0 Å². The van der Waals surface area contributed by atoms with Crippen LogP contribution < -0.4 is 0 Å². The number of hydrogen-bond acceptors (Lipinski definition) is 3. The van der Waals surface area contributed by atoms with E-state index in [-0.39, 0.29) is 11.5 Å². The van der Waals surface area contributed by atoms with E-state index in [2.05, 4.69) is 19.1 Å². The van der Waals surface area contributed by atoms with Gasteiger partial charge in [0.15, 0.2) is 0 Å². The first-order valence-electron chi connectivity index (χ1n) is 16.5. The van der Waals surface area contributed by atoms with Gasteiger partial charge in [-0.2, -0.15) is 0 Å². The summed E-state index contributed by atoms with van der Waals surface area (Å²) in [6.07, 6.45) is 22.4. The van der Waals surface area contributed by atoms with Crippen molar-refractivity contribution in [2.45, 2.75) is 123 Å². The van der Waals surface area contributed by atoms with Crippen molar-refractivity contribution < 1.29 is 14.9 Å². The van der Waals surface area contributed by atoms with Gasteiger partial charge in [0.25, 0.3) is 0 Å². The lowest BCUT2D eigenvalue weighted by Crippen LogP contribution is -2.01. The summed E-state index contributed by atoms with van der Waals surface area (Å²) in [6.45, 7) is 3.32. The van der Waals surface area contributed by atoms with Crippen LogP contribution in [0.2, 0.25) is 0 Å². The fourth-order valence-electron chi connectivity index (χ4n) is 6.38. The predicted octanol–water partition coefficient (Wildman–Crippen LogP) is 11.1. The zero-order valence-electron chi connectivity index (χ0n) is 25.4. The molecule has 3 nitrogen and oxygen atoms in total. The van der Waals surface area contributed by atoms with E-state index < -0.39 is 0 Å². The zero-order valence-corrected chi connectivity index (χ0v) is 25.4. The highest BCUT2D eigenvalue weighted by Gasteiger charge is 2.30. The molecule has 0 fully saturated rings. The van der Waals surface area contributed by atoms with Crippen LogP contribution in [0.25, 0.3) is 22.3 Å². The van der Waals surface area contributed by atoms with Crippen LogP contribution in [0.4, 0.5) is 0 Å². The van der Waals surface area contributed by atoms with Crippen molar-refractivity contribution in [3.8, 4) is 33.8 Å². The molecule has 0 saturated heterocycles. The molecule has 0 heterocycles. The molecule has 4 rings (SSSR count). The summed E-state index contributed by atoms with van der Waals surface area (Å²) in [7, 11) is 0. The van der Waals surface area contributed by atoms with Gasteiger partial charge in [0.2, 0.25) is 0 Å². The summed E-state index contributed by atoms with van der Waals surface area (Å²) in [4.78, 5) is 0. The molecule has 0 amide bonds. The minimum atomic E-state index is 0.135. The van der Waals surface area contributed by atoms with Gasteiger partial charge in [0.05, 0.1) is 12.2 Å². The number of fused-ring (bicyclic) bond motifs is 3. The third-order valence-electron chi connectivity index (χ3n) is 8.75. The molecule has 2 N–H and O–H groups in total. The second-order valence-corrected chi connectivity index (χ2v) is 12.0. The Labute approximate surface area is 249 Å². The van der Waals surface area contributed by atoms with Crippen molar-refractivity contribution in [1.29, 1.82) is 0 Å². The van der Waals surface area contributed by atoms with Gasteiger partial charge in [-0.3, -0.25) is 0 Å². The number of benzene rings is 3. The second-order valence-electron chi connectivity index (χ2n) is 12.0. The van der Waals surface area contributed by atoms with Crippen molar-refractivity contribution >= 4 is 0 Å². The van der Waals surface area contributed by atoms with Crippen molar-refractivity contribution in [3.63, 3.8) is 0 Å². The van der Waals surface area contributed by atoms with Crippen LogP contribution in [0.1, 0.15) is 126 Å². The lowest BCUT2D eigenvalue weighted by Gasteiger charge is -2.18. The molecule has 3 heteroatoms. The van der Waals surface area contributed by atoms with Gasteiger partial charge >= 0.3 is 0 Å². The van der Waals surface area contributed by atoms with Crippen LogP contribution in [-0.4, -0.2) is 16.8 Å². The van der Waals surface area contributed by atoms with Crippen molar-refractivity contribution in [2.75, 3.05) is 6.61 Å². The Bertz CT molecular complexity index is 1180. The molecule has 222 valence electrons. The third kappa shape index (κ3) is 8.85. The zero-order chi connectivity index (χ0) is 28.7. The lowest BCUT2D eigenvalue weighted by molar-refractivity contribution is 0.115. The molecule has 0 radical (unpaired) electrons. The topological polar surface area (TPSA) is 49.7 Å². The summed E-state index contributed by atoms with van der Waals surface area (Å²) in [5, 5.41) is 22.7. The smallest absolute Gasteiger partial charge is 0.133 e. The van der Waals surface area contributed by atoms with Crippen LogP contribution >= 0.6 is 0 Å². The van der Waals surface area contributed by atoms with Crippen molar-refractivity contribution in [1.82, 2.24) is 0 Å². The van der Waals surface area contributed by atoms with Crippen LogP contribution in [0.5, 0.6) is 11.5 Å². The number of phenolic OH excluding ortho intramolecular Hbond substituents is 2. The van der Waals surface area contributed by atoms with Gasteiger partial charge in [-0.15, -0.1) is 0 Å². The van der Waals surface area contributed by atoms with E-state index in [9.17, 15) is 10.2 Å². The quantitative estimate of drug-likeness (QED) is 0.106. The van der Waals surface area contributed by atoms with Crippen LogP contribution in [0.15, 0.2) is 54.6 Å². The molecule has 0 aliphatic heterocycles. The van der Waals surface area contributed by atoms with Gasteiger partial charge in [0, 0.05) is 24.2 Å². The molecule has 3 aromatic rings. The van der Waals surface area contributed by atoms with Gasteiger partial charge in [-0.1, -0.05) is 158 Å². The summed E-state index contributed by atoms with van der Waals surface area (Å²) in [5.74, 6) is 0.317. The Morgan fingerprint density at radius 1 is 0.585 bits per heavy atom. The fraction of sp³-hybridized carbons (Fsp3) is 0.526. The van der Waals surface area contributed by atoms with Crippen LogP contribution in [0, 0.1) is 0 Å². The number of ether oxygens (including phenoxy) is 1. The first-order valence-corrected chi connectivity index (χ1v) is 16.5. The normalized spacial score (nSPS) is 12.0. The first-order chi connectivity index (χ1) is 20.2. The standard InChI is InChI=1S/C38H52O3/c1-2-3-4-5-6-7-8-9-10-11-12-13-14-15-16-22-27-41-29-34-36-32-26-21-20-25-31(32)28-33(36)37(39)35(38(34)40)30-23-18-17-19-24-30/h17-21,23-26,39-40H,2-16,22,27-29H2,1H3. The molecular formula is C38H52O3. The number of hydrogen-bond donors (Lipinski definition) is 2. The number of rotatable bonds is 20. The molecule has 0 unspecified atom stereocenters. The molecule has 0 saturated carbocycles. The average Bonchev–Trinajstić information content (AvgIpc) is 3.38. The second kappa shape index (κ2) is 17.2. The maximum Gasteiger partial charge on any atom is 0.133 e. The Balaban J connectivity index is 1.17. The van der Waals surface area contributed by atoms with Gasteiger partial charge in [-0.25, -0.2) is 0 Å². The summed E-state index contributed by atoms with van der Waals surface area (Å²) >= 11 is 0. The van der Waals surface area contributed by atoms with Gasteiger partial charge in [-0.05, 0) is 28.7 Å². The van der Waals surface area contributed by atoms with E-state index in [1.165, 1.54) is 102 Å². The molecule has 0 aromatic heterocycles. The molecule has 1 aliphatic rings. The third-order valence-corrected chi connectivity index (χ3v) is 8.75. The van der Waals surface area contributed by atoms with Crippen LogP contribution in [-0.2, 0) is 17.8 Å². The summed E-state index contributed by atoms with van der Waals surface area (Å²) in [5.41, 5.74) is 6.23. The highest BCUT2D eigenvalue weighted by atomic mass is 16.5. The molecular weight excluding hydrogens is 504 g/mol. The number of unbranched alkanes of at least 4 members (excludes halogenated alkanes) is 15. The Hall–Kier alpha value is -2.78. The monoisotopic (exact) mass is 556 g/mol. The molecule has 3 aromatic carbocycles. The van der Waals surface area contributed by atoms with E-state index in [0.29, 0.717) is 25.2 Å². The maximum atomic E-state index is 11.4. The summed E-state index contributed by atoms with van der Waals surface area (Å²) in [6, 6.07) is 17.9. The Morgan fingerprint density at radius 3 is 1.73 bits per heavy atom. The van der Waals surface area contributed by atoms with E-state index in [1.807, 2.05) is 42.5 Å². The van der Waals surface area contributed by atoms with Gasteiger partial charge < -0.3 is 14.9 Å². The number of phenols is 2. The largest absolute Gasteiger partial charge is 0.507 e. The Kier molecular flexibility index (Phi) is 13.1. The number of aromatic hydroxyl groups is 2. The molecule has 1 aliphatic carbocycles. The average molecular weight is 557 g/mol. The highest BCUT2D eigenvalue weighted by Crippen LogP contribution is 2.52. The minimum absolute atomic E-state index is 0.135. The first kappa shape index (κ1) is 31.2. The van der Waals surface area contributed by atoms with E-state index in [0.717, 1.165) is 34.2 Å². The highest BCUT2D eigenvalue weighted by molar-refractivity contribution is 5.91. The van der Waals surface area contributed by atoms with E-state index >= 15 is 0 Å². The van der Waals surface area contributed by atoms with Crippen molar-refractivity contribution in [2.24, 2.45) is 0 Å². The molecule has 0 bridgehead atoms. The van der Waals surface area contributed by atoms with Crippen LogP contribution in [0.3, 0.4) is 0 Å². The van der Waals surface area contributed by atoms with Gasteiger partial charge in [0.1, 0.15) is 11.5 Å². The maximum absolute atomic E-state index is 11.4. The SMILES string of the molecule is CCCCCCCCCCCCCCCCCCOCc1c(O)c(-c2ccccc2)c(O)c2c1-c1ccccc1C2. The van der Waals surface area contributed by atoms with Crippen molar-refractivity contribution in [3.05, 3.63) is 71.3 Å². The molecule has 0 spiro atoms. The minimum Gasteiger partial charge on any atom is -0.507 e.